The second kappa shape index (κ2) is 13.3. The molecule has 10 nitrogen and oxygen atoms in total. The standard InChI is InChI=1S/C37H45N7O3/c1-25-9-6-10-26-11-7-13-32(33(25)26)42-18-15-29-31(23-42)40-35(46-24-28-12-8-17-41(28)5)30(21-39)34(29)43-19-20-44(27(22-43)14-16-38)36(45)47-37(2,3)4/h6-7,9-11,13,27-28H,8,12,14-15,17-20,22-24H2,1-5H3/t27?,28-/m0/s1. The van der Waals surface area contributed by atoms with Gasteiger partial charge < -0.3 is 29.1 Å². The quantitative estimate of drug-likeness (QED) is 0.333. The molecule has 246 valence electrons. The Balaban J connectivity index is 1.38. The van der Waals surface area contributed by atoms with Crippen LogP contribution in [0, 0.1) is 29.6 Å². The number of likely N-dealkylation sites (tertiary alicyclic amines) is 1. The molecule has 3 aromatic rings. The van der Waals surface area contributed by atoms with Crippen LogP contribution in [-0.4, -0.2) is 84.9 Å². The first-order chi connectivity index (χ1) is 22.6. The summed E-state index contributed by atoms with van der Waals surface area (Å²) in [6.07, 6.45) is 2.62. The Bertz CT molecular complexity index is 1730. The zero-order chi connectivity index (χ0) is 33.3. The summed E-state index contributed by atoms with van der Waals surface area (Å²) in [6, 6.07) is 17.5. The molecule has 0 N–H and O–H groups in total. The molecule has 2 aromatic carbocycles. The molecule has 6 rings (SSSR count). The van der Waals surface area contributed by atoms with Gasteiger partial charge in [-0.1, -0.05) is 30.3 Å². The Morgan fingerprint density at radius 1 is 1.04 bits per heavy atom. The molecule has 3 aliphatic rings. The third kappa shape index (κ3) is 6.66. The van der Waals surface area contributed by atoms with Crippen molar-refractivity contribution in [2.45, 2.75) is 77.6 Å². The number of benzene rings is 2. The van der Waals surface area contributed by atoms with Crippen molar-refractivity contribution in [3.63, 3.8) is 0 Å². The Kier molecular flexibility index (Phi) is 9.16. The number of hydrogen-bond donors (Lipinski definition) is 0. The second-order valence-corrected chi connectivity index (χ2v) is 14.0. The van der Waals surface area contributed by atoms with E-state index >= 15 is 0 Å². The minimum atomic E-state index is -0.641. The molecular formula is C37H45N7O3. The topological polar surface area (TPSA) is 109 Å². The van der Waals surface area contributed by atoms with Gasteiger partial charge in [0.25, 0.3) is 0 Å². The SMILES string of the molecule is Cc1cccc2cccc(N3CCc4c(nc(OC[C@@H]5CCCN5C)c(C#N)c4N4CCN(C(=O)OC(C)(C)C)C(CC#N)C4)C3)c12. The minimum absolute atomic E-state index is 0.163. The molecule has 10 heteroatoms. The van der Waals surface area contributed by atoms with Crippen LogP contribution >= 0.6 is 0 Å². The van der Waals surface area contributed by atoms with E-state index < -0.39 is 11.7 Å². The van der Waals surface area contributed by atoms with Crippen LogP contribution in [0.4, 0.5) is 16.2 Å². The first kappa shape index (κ1) is 32.4. The number of fused-ring (bicyclic) bond motifs is 2. The van der Waals surface area contributed by atoms with Crippen molar-refractivity contribution in [2.75, 3.05) is 56.2 Å². The van der Waals surface area contributed by atoms with E-state index in [9.17, 15) is 15.3 Å². The van der Waals surface area contributed by atoms with Crippen molar-refractivity contribution in [3.8, 4) is 18.0 Å². The Labute approximate surface area is 278 Å². The molecule has 0 bridgehead atoms. The van der Waals surface area contributed by atoms with Crippen molar-refractivity contribution >= 4 is 28.2 Å². The number of carbonyl (C=O) groups excluding carboxylic acids is 1. The third-order valence-electron chi connectivity index (χ3n) is 9.68. The van der Waals surface area contributed by atoms with Crippen molar-refractivity contribution < 1.29 is 14.3 Å². The minimum Gasteiger partial charge on any atom is -0.475 e. The highest BCUT2D eigenvalue weighted by Gasteiger charge is 2.37. The Morgan fingerprint density at radius 2 is 1.83 bits per heavy atom. The maximum absolute atomic E-state index is 13.2. The van der Waals surface area contributed by atoms with E-state index in [1.165, 1.54) is 22.0 Å². The number of piperazine rings is 1. The van der Waals surface area contributed by atoms with Gasteiger partial charge in [-0.25, -0.2) is 9.78 Å². The number of amides is 1. The maximum atomic E-state index is 13.2. The number of carbonyl (C=O) groups is 1. The van der Waals surface area contributed by atoms with E-state index in [2.05, 4.69) is 77.2 Å². The summed E-state index contributed by atoms with van der Waals surface area (Å²) < 4.78 is 12.1. The van der Waals surface area contributed by atoms with Gasteiger partial charge in [0.2, 0.25) is 5.88 Å². The van der Waals surface area contributed by atoms with E-state index in [1.807, 2.05) is 20.8 Å². The molecule has 3 aliphatic heterocycles. The largest absolute Gasteiger partial charge is 0.475 e. The van der Waals surface area contributed by atoms with Crippen LogP contribution < -0.4 is 14.5 Å². The number of nitrogens with zero attached hydrogens (tertiary/aromatic N) is 7. The Morgan fingerprint density at radius 3 is 2.53 bits per heavy atom. The van der Waals surface area contributed by atoms with Gasteiger partial charge in [0.15, 0.2) is 0 Å². The van der Waals surface area contributed by atoms with Crippen molar-refractivity contribution in [1.29, 1.82) is 10.5 Å². The van der Waals surface area contributed by atoms with Gasteiger partial charge in [-0.05, 0) is 77.6 Å². The lowest BCUT2D eigenvalue weighted by Crippen LogP contribution is -2.56. The molecular weight excluding hydrogens is 590 g/mol. The number of ether oxygens (including phenoxy) is 2. The van der Waals surface area contributed by atoms with E-state index in [1.54, 1.807) is 4.90 Å². The molecule has 0 aliphatic carbocycles. The number of anilines is 2. The first-order valence-corrected chi connectivity index (χ1v) is 16.7. The highest BCUT2D eigenvalue weighted by Crippen LogP contribution is 2.40. The molecule has 47 heavy (non-hydrogen) atoms. The van der Waals surface area contributed by atoms with Gasteiger partial charge in [-0.3, -0.25) is 0 Å². The lowest BCUT2D eigenvalue weighted by Gasteiger charge is -2.43. The monoisotopic (exact) mass is 635 g/mol. The molecule has 0 radical (unpaired) electrons. The van der Waals surface area contributed by atoms with E-state index in [0.717, 1.165) is 42.9 Å². The molecule has 0 saturated carbocycles. The number of pyridine rings is 1. The molecule has 1 amide bonds. The summed E-state index contributed by atoms with van der Waals surface area (Å²) in [6.45, 7) is 11.8. The van der Waals surface area contributed by atoms with Gasteiger partial charge in [-0.15, -0.1) is 0 Å². The summed E-state index contributed by atoms with van der Waals surface area (Å²) in [5, 5.41) is 22.8. The van der Waals surface area contributed by atoms with Crippen LogP contribution in [0.25, 0.3) is 10.8 Å². The van der Waals surface area contributed by atoms with Crippen molar-refractivity contribution in [3.05, 3.63) is 58.8 Å². The number of aromatic nitrogens is 1. The summed E-state index contributed by atoms with van der Waals surface area (Å²) in [5.41, 5.74) is 4.96. The highest BCUT2D eigenvalue weighted by atomic mass is 16.6. The Hall–Kier alpha value is -4.54. The van der Waals surface area contributed by atoms with Gasteiger partial charge in [0.05, 0.1) is 36.5 Å². The number of hydrogen-bond acceptors (Lipinski definition) is 9. The summed E-state index contributed by atoms with van der Waals surface area (Å²) >= 11 is 0. The summed E-state index contributed by atoms with van der Waals surface area (Å²) in [4.78, 5) is 26.8. The van der Waals surface area contributed by atoms with Crippen LogP contribution in [0.1, 0.15) is 62.4 Å². The zero-order valence-electron chi connectivity index (χ0n) is 28.3. The first-order valence-electron chi connectivity index (χ1n) is 16.7. The van der Waals surface area contributed by atoms with Crippen LogP contribution in [0.15, 0.2) is 36.4 Å². The fourth-order valence-corrected chi connectivity index (χ4v) is 7.33. The molecule has 1 unspecified atom stereocenters. The molecule has 2 atom stereocenters. The number of aryl methyl sites for hydroxylation is 1. The zero-order valence-corrected chi connectivity index (χ0v) is 28.3. The lowest BCUT2D eigenvalue weighted by atomic mass is 9.96. The number of nitriles is 2. The third-order valence-corrected chi connectivity index (χ3v) is 9.68. The smallest absolute Gasteiger partial charge is 0.410 e. The predicted octanol–water partition coefficient (Wildman–Crippen LogP) is 5.79. The summed E-state index contributed by atoms with van der Waals surface area (Å²) in [5.74, 6) is 0.365. The van der Waals surface area contributed by atoms with Crippen LogP contribution in [0.2, 0.25) is 0 Å². The van der Waals surface area contributed by atoms with Gasteiger partial charge in [0.1, 0.15) is 23.8 Å². The van der Waals surface area contributed by atoms with Gasteiger partial charge in [0, 0.05) is 48.9 Å². The van der Waals surface area contributed by atoms with E-state index in [4.69, 9.17) is 14.5 Å². The van der Waals surface area contributed by atoms with Crippen LogP contribution in [0.5, 0.6) is 5.88 Å². The van der Waals surface area contributed by atoms with E-state index in [0.29, 0.717) is 50.7 Å². The molecule has 2 fully saturated rings. The second-order valence-electron chi connectivity index (χ2n) is 14.0. The average Bonchev–Trinajstić information content (AvgIpc) is 3.46. The molecule has 0 spiro atoms. The number of rotatable bonds is 6. The van der Waals surface area contributed by atoms with Gasteiger partial charge in [-0.2, -0.15) is 10.5 Å². The van der Waals surface area contributed by atoms with E-state index in [-0.39, 0.29) is 18.5 Å². The molecule has 2 saturated heterocycles. The summed E-state index contributed by atoms with van der Waals surface area (Å²) in [7, 11) is 2.11. The maximum Gasteiger partial charge on any atom is 0.410 e. The molecule has 4 heterocycles. The average molecular weight is 636 g/mol. The van der Waals surface area contributed by atoms with Crippen LogP contribution in [0.3, 0.4) is 0 Å². The lowest BCUT2D eigenvalue weighted by molar-refractivity contribution is 0.0145. The van der Waals surface area contributed by atoms with Crippen LogP contribution in [-0.2, 0) is 17.7 Å². The highest BCUT2D eigenvalue weighted by molar-refractivity contribution is 5.97. The number of likely N-dealkylation sites (N-methyl/N-ethyl adjacent to an activating group) is 1. The molecule has 1 aromatic heterocycles. The van der Waals surface area contributed by atoms with Crippen molar-refractivity contribution in [1.82, 2.24) is 14.8 Å². The predicted molar refractivity (Wildman–Crippen MR) is 183 cm³/mol. The fourth-order valence-electron chi connectivity index (χ4n) is 7.33. The van der Waals surface area contributed by atoms with Gasteiger partial charge >= 0.3 is 6.09 Å². The fraction of sp³-hybridized carbons (Fsp3) is 0.514. The van der Waals surface area contributed by atoms with Crippen molar-refractivity contribution in [2.24, 2.45) is 0 Å². The normalized spacial score (nSPS) is 20.1.